The molecule has 0 aliphatic heterocycles. The number of allylic oxidation sites excluding steroid dienone is 6. The van der Waals surface area contributed by atoms with Gasteiger partial charge >= 0.3 is 0 Å². The van der Waals surface area contributed by atoms with Gasteiger partial charge in [0, 0.05) is 0 Å². The zero-order chi connectivity index (χ0) is 79.7. The van der Waals surface area contributed by atoms with Gasteiger partial charge in [-0.25, -0.2) is 0 Å². The van der Waals surface area contributed by atoms with Crippen LogP contribution < -0.4 is 37.9 Å². The van der Waals surface area contributed by atoms with E-state index in [-0.39, 0.29) is 46.0 Å². The van der Waals surface area contributed by atoms with Crippen LogP contribution in [0.15, 0.2) is 245 Å². The normalized spacial score (nSPS) is 10.9. The van der Waals surface area contributed by atoms with Crippen LogP contribution >= 0.6 is 0 Å². The fourth-order valence-electron chi connectivity index (χ4n) is 10.9. The van der Waals surface area contributed by atoms with Gasteiger partial charge < -0.3 is 78.7 Å². The third kappa shape index (κ3) is 35.0. The number of hydrogen-bond donors (Lipinski definition) is 8. The maximum Gasteiger partial charge on any atom is 0.168 e. The van der Waals surface area contributed by atoms with Crippen molar-refractivity contribution in [1.82, 2.24) is 0 Å². The predicted molar refractivity (Wildman–Crippen MR) is 444 cm³/mol. The van der Waals surface area contributed by atoms with Gasteiger partial charge in [-0.2, -0.15) is 0 Å². The summed E-state index contributed by atoms with van der Waals surface area (Å²) in [4.78, 5) is 0. The van der Waals surface area contributed by atoms with E-state index in [0.29, 0.717) is 83.9 Å². The summed E-state index contributed by atoms with van der Waals surface area (Å²) < 4.78 is 44.2. The third-order valence-corrected chi connectivity index (χ3v) is 16.8. The minimum absolute atomic E-state index is 0.117. The minimum atomic E-state index is 0.117. The number of hydrogen-bond acceptors (Lipinski definition) is 16. The minimum Gasteiger partial charge on any atom is -0.504 e. The second-order valence-electron chi connectivity index (χ2n) is 26.3. The van der Waals surface area contributed by atoms with E-state index >= 15 is 0 Å². The maximum absolute atomic E-state index is 9.89. The molecule has 0 heterocycles. The van der Waals surface area contributed by atoms with Gasteiger partial charge in [0.25, 0.3) is 0 Å². The first kappa shape index (κ1) is 89.1. The Balaban J connectivity index is 0.000000263. The number of rotatable bonds is 44. The van der Waals surface area contributed by atoms with Crippen molar-refractivity contribution < 1.29 is 78.7 Å². The monoisotopic (exact) mass is 1500 g/mol. The van der Waals surface area contributed by atoms with Crippen molar-refractivity contribution in [1.29, 1.82) is 0 Å². The highest BCUT2D eigenvalue weighted by atomic mass is 16.5. The van der Waals surface area contributed by atoms with Gasteiger partial charge in [-0.3, -0.25) is 0 Å². The van der Waals surface area contributed by atoms with E-state index in [1.807, 2.05) is 161 Å². The Kier molecular flexibility index (Phi) is 41.9. The first-order valence-electron chi connectivity index (χ1n) is 38.1. The summed E-state index contributed by atoms with van der Waals surface area (Å²) in [6.07, 6.45) is 36.9. The first-order chi connectivity index (χ1) is 53.2. The average molecular weight is 1500 g/mol. The van der Waals surface area contributed by atoms with Crippen molar-refractivity contribution in [3.63, 3.8) is 0 Å². The van der Waals surface area contributed by atoms with Gasteiger partial charge in [0.2, 0.25) is 0 Å². The molecule has 0 aliphatic rings. The molecule has 0 atom stereocenters. The van der Waals surface area contributed by atoms with Gasteiger partial charge in [-0.1, -0.05) is 112 Å². The average Bonchev–Trinajstić information content (AvgIpc) is 0.863. The van der Waals surface area contributed by atoms with Crippen molar-refractivity contribution in [2.45, 2.75) is 170 Å². The summed E-state index contributed by atoms with van der Waals surface area (Å²) in [7, 11) is 0. The largest absolute Gasteiger partial charge is 0.504 e. The van der Waals surface area contributed by atoms with E-state index in [2.05, 4.69) is 26.3 Å². The summed E-state index contributed by atoms with van der Waals surface area (Å²) in [5.74, 6) is 6.25. The highest BCUT2D eigenvalue weighted by molar-refractivity contribution is 5.48. The fraction of sp³-hybridized carbons (Fsp3) is 0.319. The van der Waals surface area contributed by atoms with E-state index in [9.17, 15) is 40.9 Å². The van der Waals surface area contributed by atoms with E-state index in [0.717, 1.165) is 173 Å². The predicted octanol–water partition coefficient (Wildman–Crippen LogP) is 22.9. The molecular formula is C94H116O16. The Morgan fingerprint density at radius 3 is 0.755 bits per heavy atom. The van der Waals surface area contributed by atoms with Crippen LogP contribution in [-0.2, 0) is 51.4 Å². The number of phenols is 8. The standard InChI is InChI=1S/3C24H30O4.C22H26O4/c3*1-3-5-15-27-23-17-19(11-13-21(23)25)9-7-8-10-20-12-14-22(26)24(18-20)28-16-6-4-2;1-15(2)25-21-13-17(9-11-19(21)23)7-5-6-8-18-10-12-20(24)22(14-18)26-16(3)4/h5-6,11-18,25-26H,3-4,7-10H2,1-2H3;3-6,11-14,17-18,25-26H,7-10,15-16H2,1-2H3;3-4,11-14,17-18,25-26H,1-2,5-10,15-16H2;9-14,23-24H,1,3,5-8H2,2,4H3. The molecule has 0 fully saturated rings. The smallest absolute Gasteiger partial charge is 0.168 e. The Bertz CT molecular complexity index is 3950. The molecule has 16 heteroatoms. The molecular weight excluding hydrogens is 1390 g/mol. The molecule has 588 valence electrons. The molecule has 0 spiro atoms. The molecule has 0 saturated carbocycles. The van der Waals surface area contributed by atoms with Crippen molar-refractivity contribution in [2.75, 3.05) is 26.4 Å². The molecule has 8 rings (SSSR count). The summed E-state index contributed by atoms with van der Waals surface area (Å²) in [5.41, 5.74) is 9.07. The molecule has 0 aliphatic carbocycles. The summed E-state index contributed by atoms with van der Waals surface area (Å²) in [6, 6.07) is 43.9. The second kappa shape index (κ2) is 51.7. The number of aromatic hydroxyl groups is 8. The molecule has 0 unspecified atom stereocenters. The van der Waals surface area contributed by atoms with Gasteiger partial charge in [0.1, 0.15) is 13.2 Å². The van der Waals surface area contributed by atoms with Gasteiger partial charge in [-0.05, 0) is 310 Å². The summed E-state index contributed by atoms with van der Waals surface area (Å²) in [5, 5.41) is 79.0. The Morgan fingerprint density at radius 2 is 0.527 bits per heavy atom. The van der Waals surface area contributed by atoms with Gasteiger partial charge in [-0.15, -0.1) is 13.2 Å². The van der Waals surface area contributed by atoms with Crippen LogP contribution in [-0.4, -0.2) is 67.3 Å². The lowest BCUT2D eigenvalue weighted by atomic mass is 10.0. The van der Waals surface area contributed by atoms with Crippen molar-refractivity contribution in [2.24, 2.45) is 0 Å². The Morgan fingerprint density at radius 1 is 0.309 bits per heavy atom. The van der Waals surface area contributed by atoms with Crippen molar-refractivity contribution in [3.05, 3.63) is 289 Å². The van der Waals surface area contributed by atoms with E-state index < -0.39 is 0 Å². The number of ether oxygens (including phenoxy) is 8. The SMILES string of the molecule is C=C(C)Oc1cc(CCCCc2ccc(O)c(OC(=C)C)c2)ccc1O.C=CCCOc1cc(CCCCc2ccc(O)c(OCCC=C)c2)ccc1O.CC=CCOc1cc(CCCCc2ccc(O)c(OCC=CC)c2)ccc1O.CCC=COc1cc(CCCCc2ccc(O)c(OC=CCC)c2)ccc1O. The molecule has 16 nitrogen and oxygen atoms in total. The molecule has 0 amide bonds. The maximum atomic E-state index is 9.89. The number of unbranched alkanes of at least 4 members (excludes halogenated alkanes) is 4. The zero-order valence-electron chi connectivity index (χ0n) is 65.3. The highest BCUT2D eigenvalue weighted by Gasteiger charge is 2.13. The molecule has 8 N–H and O–H groups in total. The van der Waals surface area contributed by atoms with Gasteiger partial charge in [0.05, 0.1) is 37.3 Å². The van der Waals surface area contributed by atoms with Crippen LogP contribution in [0.4, 0.5) is 0 Å². The van der Waals surface area contributed by atoms with E-state index in [4.69, 9.17) is 37.9 Å². The van der Waals surface area contributed by atoms with Crippen LogP contribution in [0.1, 0.15) is 163 Å². The highest BCUT2D eigenvalue weighted by Crippen LogP contribution is 2.36. The lowest BCUT2D eigenvalue weighted by molar-refractivity contribution is 0.305. The summed E-state index contributed by atoms with van der Waals surface area (Å²) >= 11 is 0. The third-order valence-electron chi connectivity index (χ3n) is 16.8. The Labute approximate surface area is 652 Å². The lowest BCUT2D eigenvalue weighted by Crippen LogP contribution is -1.98. The molecule has 0 radical (unpaired) electrons. The van der Waals surface area contributed by atoms with Crippen molar-refractivity contribution in [3.8, 4) is 92.0 Å². The van der Waals surface area contributed by atoms with Gasteiger partial charge in [0.15, 0.2) is 92.0 Å². The first-order valence-corrected chi connectivity index (χ1v) is 38.1. The van der Waals surface area contributed by atoms with Crippen molar-refractivity contribution >= 4 is 0 Å². The number of phenolic OH excluding ortho intramolecular Hbond substituents is 8. The molecule has 8 aromatic carbocycles. The molecule has 0 bridgehead atoms. The fourth-order valence-corrected chi connectivity index (χ4v) is 10.9. The topological polar surface area (TPSA) is 236 Å². The molecule has 0 aromatic heterocycles. The molecule has 8 aromatic rings. The van der Waals surface area contributed by atoms with E-state index in [1.165, 1.54) is 0 Å². The van der Waals surface area contributed by atoms with Crippen LogP contribution in [0, 0.1) is 0 Å². The quantitative estimate of drug-likeness (QED) is 0.0101. The van der Waals surface area contributed by atoms with Crippen LogP contribution in [0.25, 0.3) is 0 Å². The number of aryl methyl sites for hydroxylation is 8. The Hall–Kier alpha value is -11.5. The van der Waals surface area contributed by atoms with E-state index in [1.54, 1.807) is 87.1 Å². The number of benzene rings is 8. The second-order valence-corrected chi connectivity index (χ2v) is 26.3. The summed E-state index contributed by atoms with van der Waals surface area (Å²) in [6.45, 7) is 28.1. The zero-order valence-corrected chi connectivity index (χ0v) is 65.3. The van der Waals surface area contributed by atoms with Crippen LogP contribution in [0.3, 0.4) is 0 Å². The van der Waals surface area contributed by atoms with Crippen LogP contribution in [0.2, 0.25) is 0 Å². The molecule has 0 saturated heterocycles. The van der Waals surface area contributed by atoms with Crippen LogP contribution in [0.5, 0.6) is 92.0 Å². The molecule has 110 heavy (non-hydrogen) atoms. The lowest BCUT2D eigenvalue weighted by Gasteiger charge is -2.10.